The van der Waals surface area contributed by atoms with Crippen molar-refractivity contribution in [3.05, 3.63) is 42.1 Å². The van der Waals surface area contributed by atoms with Crippen LogP contribution in [0, 0.1) is 24.4 Å². The summed E-state index contributed by atoms with van der Waals surface area (Å²) in [5.74, 6) is -3.88. The molecule has 1 aromatic carbocycles. The maximum atomic E-state index is 12.3. The first-order chi connectivity index (χ1) is 5.63. The van der Waals surface area contributed by atoms with Gasteiger partial charge in [0.25, 0.3) is 0 Å². The topological polar surface area (TPSA) is 0 Å². The number of halogens is 4. The van der Waals surface area contributed by atoms with Crippen molar-refractivity contribution in [2.45, 2.75) is 0 Å². The predicted molar refractivity (Wildman–Crippen MR) is 39.7 cm³/mol. The number of hydrogen-bond acceptors (Lipinski definition) is 0. The van der Waals surface area contributed by atoms with Gasteiger partial charge in [-0.3, -0.25) is 4.39 Å². The Morgan fingerprint density at radius 1 is 1.08 bits per heavy atom. The molecule has 0 saturated heterocycles. The molecule has 0 aliphatic rings. The average molecular weight is 290 g/mol. The Hall–Kier alpha value is -0.0166. The molecule has 0 radical (unpaired) electrons. The third kappa shape index (κ3) is 2.79. The molecule has 0 atom stereocenters. The first-order valence-electron chi connectivity index (χ1n) is 2.85. The van der Waals surface area contributed by atoms with Crippen LogP contribution < -0.4 is 0 Å². The van der Waals surface area contributed by atoms with Crippen LogP contribution in [0.5, 0.6) is 0 Å². The van der Waals surface area contributed by atoms with Gasteiger partial charge in [-0.1, -0.05) is 6.07 Å². The van der Waals surface area contributed by atoms with E-state index in [-0.39, 0.29) is 5.56 Å². The summed E-state index contributed by atoms with van der Waals surface area (Å²) >= 11 is 4.25. The third-order valence-electron chi connectivity index (χ3n) is 1.12. The number of benzene rings is 1. The fourth-order valence-electron chi connectivity index (χ4n) is 0.566. The van der Waals surface area contributed by atoms with E-state index >= 15 is 0 Å². The molecule has 0 spiro atoms. The molecule has 12 heavy (non-hydrogen) atoms. The van der Waals surface area contributed by atoms with E-state index < -0.39 is 17.5 Å². The molecular formula is C7H4BrF3Zn. The van der Waals surface area contributed by atoms with Crippen molar-refractivity contribution in [2.75, 3.05) is 0 Å². The Kier molecular flexibility index (Phi) is 5.59. The van der Waals surface area contributed by atoms with Gasteiger partial charge in [0.15, 0.2) is 0 Å². The van der Waals surface area contributed by atoms with Crippen LogP contribution in [0.3, 0.4) is 0 Å². The van der Waals surface area contributed by atoms with E-state index in [0.717, 1.165) is 12.1 Å². The second kappa shape index (κ2) is 5.60. The normalized spacial score (nSPS) is 8.83. The standard InChI is InChI=1S/C7H4F3.BrH.Zn/c1-4-2-3-5(8)7(10)6(4)9;;/h2-3H,1H2;1H;/q-1;;+2/p-1. The second-order valence-corrected chi connectivity index (χ2v) is 1.83. The van der Waals surface area contributed by atoms with Gasteiger partial charge in [0.1, 0.15) is 11.6 Å². The molecule has 0 nitrogen and oxygen atoms in total. The van der Waals surface area contributed by atoms with Gasteiger partial charge < -0.3 is 0 Å². The van der Waals surface area contributed by atoms with Crippen LogP contribution in [-0.2, 0) is 16.3 Å². The Morgan fingerprint density at radius 2 is 1.58 bits per heavy atom. The average Bonchev–Trinajstić information content (AvgIpc) is 2.12. The Balaban J connectivity index is 0.000000561. The van der Waals surface area contributed by atoms with Crippen LogP contribution in [-0.4, -0.2) is 0 Å². The molecule has 1 rings (SSSR count). The second-order valence-electron chi connectivity index (χ2n) is 1.83. The predicted octanol–water partition coefficient (Wildman–Crippen LogP) is 3.13. The summed E-state index contributed by atoms with van der Waals surface area (Å²) in [6.07, 6.45) is 0. The van der Waals surface area contributed by atoms with Crippen molar-refractivity contribution in [2.24, 2.45) is 0 Å². The summed E-state index contributed by atoms with van der Waals surface area (Å²) in [4.78, 5) is 0. The molecular weight excluding hydrogens is 286 g/mol. The van der Waals surface area contributed by atoms with Gasteiger partial charge in [0.2, 0.25) is 0 Å². The summed E-state index contributed by atoms with van der Waals surface area (Å²) in [6, 6.07) is 1.91. The maximum absolute atomic E-state index is 12.3. The van der Waals surface area contributed by atoms with Crippen LogP contribution >= 0.6 is 13.6 Å². The van der Waals surface area contributed by atoms with Gasteiger partial charge in [-0.15, -0.1) is 0 Å². The fraction of sp³-hybridized carbons (Fsp3) is 0. The molecule has 0 heterocycles. The molecule has 0 aromatic heterocycles. The summed E-state index contributed by atoms with van der Waals surface area (Å²) in [6.45, 7) is 3.14. The summed E-state index contributed by atoms with van der Waals surface area (Å²) in [5.41, 5.74) is -0.140. The summed E-state index contributed by atoms with van der Waals surface area (Å²) in [7, 11) is 0. The minimum atomic E-state index is -1.47. The van der Waals surface area contributed by atoms with Crippen molar-refractivity contribution in [1.82, 2.24) is 0 Å². The van der Waals surface area contributed by atoms with Crippen molar-refractivity contribution in [3.63, 3.8) is 0 Å². The van der Waals surface area contributed by atoms with Crippen LogP contribution in [0.4, 0.5) is 13.2 Å². The summed E-state index contributed by atoms with van der Waals surface area (Å²) < 4.78 is 36.6. The Labute approximate surface area is 85.2 Å². The molecule has 0 fully saturated rings. The molecule has 0 saturated carbocycles. The van der Waals surface area contributed by atoms with Crippen LogP contribution in [0.25, 0.3) is 0 Å². The molecule has 0 amide bonds. The van der Waals surface area contributed by atoms with E-state index in [0.29, 0.717) is 0 Å². The van der Waals surface area contributed by atoms with E-state index in [9.17, 15) is 13.2 Å². The van der Waals surface area contributed by atoms with E-state index in [4.69, 9.17) is 0 Å². The van der Waals surface area contributed by atoms with Crippen molar-refractivity contribution in [3.8, 4) is 0 Å². The van der Waals surface area contributed by atoms with Crippen molar-refractivity contribution in [1.29, 1.82) is 0 Å². The SMILES string of the molecule is [CH2-]c1ccc(F)c(F)c1F.[Zn+][Br]. The van der Waals surface area contributed by atoms with E-state index in [1.54, 1.807) is 0 Å². The van der Waals surface area contributed by atoms with Gasteiger partial charge in [0.05, 0.1) is 5.82 Å². The van der Waals surface area contributed by atoms with E-state index in [2.05, 4.69) is 20.5 Å². The third-order valence-corrected chi connectivity index (χ3v) is 1.12. The van der Waals surface area contributed by atoms with Crippen LogP contribution in [0.2, 0.25) is 0 Å². The van der Waals surface area contributed by atoms with Gasteiger partial charge in [-0.2, -0.15) is 18.6 Å². The zero-order valence-corrected chi connectivity index (χ0v) is 10.6. The fourth-order valence-corrected chi connectivity index (χ4v) is 0.566. The first-order valence-corrected chi connectivity index (χ1v) is 9.80. The molecule has 0 aliphatic carbocycles. The molecule has 0 unspecified atom stereocenters. The van der Waals surface area contributed by atoms with Gasteiger partial charge >= 0.3 is 30.0 Å². The molecule has 1 aromatic rings. The van der Waals surface area contributed by atoms with Crippen LogP contribution in [0.1, 0.15) is 5.56 Å². The van der Waals surface area contributed by atoms with E-state index in [1.807, 2.05) is 0 Å². The quantitative estimate of drug-likeness (QED) is 0.391. The minimum absolute atomic E-state index is 0.140. The monoisotopic (exact) mass is 288 g/mol. The Bertz CT molecular complexity index is 238. The van der Waals surface area contributed by atoms with Gasteiger partial charge in [-0.05, 0) is 0 Å². The van der Waals surface area contributed by atoms with Gasteiger partial charge in [-0.25, -0.2) is 8.78 Å². The van der Waals surface area contributed by atoms with Crippen molar-refractivity contribution >= 4 is 13.6 Å². The zero-order chi connectivity index (χ0) is 9.72. The number of hydrogen-bond donors (Lipinski definition) is 0. The Morgan fingerprint density at radius 3 is 2.00 bits per heavy atom. The molecule has 5 heteroatoms. The van der Waals surface area contributed by atoms with Crippen LogP contribution in [0.15, 0.2) is 12.1 Å². The van der Waals surface area contributed by atoms with E-state index in [1.165, 1.54) is 16.3 Å². The summed E-state index contributed by atoms with van der Waals surface area (Å²) in [5, 5.41) is 0. The first kappa shape index (κ1) is 12.0. The molecule has 0 aliphatic heterocycles. The molecule has 0 N–H and O–H groups in total. The molecule has 0 bridgehead atoms. The zero-order valence-electron chi connectivity index (χ0n) is 6.08. The van der Waals surface area contributed by atoms with Crippen molar-refractivity contribution < 1.29 is 29.5 Å². The van der Waals surface area contributed by atoms with Gasteiger partial charge in [0, 0.05) is 0 Å². The number of rotatable bonds is 0. The molecule has 62 valence electrons.